The zero-order valence-corrected chi connectivity index (χ0v) is 21.9. The molecule has 1 aromatic carbocycles. The molecule has 0 radical (unpaired) electrons. The van der Waals surface area contributed by atoms with Crippen LogP contribution >= 0.6 is 11.8 Å². The van der Waals surface area contributed by atoms with Gasteiger partial charge in [0, 0.05) is 31.4 Å². The zero-order valence-electron chi connectivity index (χ0n) is 21.1. The second-order valence-electron chi connectivity index (χ2n) is 9.51. The molecule has 0 aliphatic carbocycles. The number of benzene rings is 1. The molecule has 0 saturated carbocycles. The highest BCUT2D eigenvalue weighted by molar-refractivity contribution is 8.18. The number of nitrogens with two attached hydrogens (primary N) is 1. The molecule has 4 N–H and O–H groups in total. The van der Waals surface area contributed by atoms with Gasteiger partial charge in [-0.1, -0.05) is 6.07 Å². The summed E-state index contributed by atoms with van der Waals surface area (Å²) in [6.45, 7) is 3.46. The highest BCUT2D eigenvalue weighted by Crippen LogP contribution is 2.36. The van der Waals surface area contributed by atoms with Crippen LogP contribution in [0.4, 0.5) is 16.6 Å². The van der Waals surface area contributed by atoms with Crippen molar-refractivity contribution in [3.63, 3.8) is 0 Å². The van der Waals surface area contributed by atoms with Crippen molar-refractivity contribution in [1.29, 1.82) is 0 Å². The highest BCUT2D eigenvalue weighted by Gasteiger charge is 2.26. The van der Waals surface area contributed by atoms with Crippen LogP contribution in [0.5, 0.6) is 11.5 Å². The molecule has 200 valence electrons. The molecule has 0 spiro atoms. The molecule has 11 nitrogen and oxygen atoms in total. The van der Waals surface area contributed by atoms with Crippen molar-refractivity contribution < 1.29 is 19.1 Å². The molecular weight excluding hydrogens is 518 g/mol. The third kappa shape index (κ3) is 5.66. The van der Waals surface area contributed by atoms with E-state index in [-0.39, 0.29) is 12.0 Å². The van der Waals surface area contributed by atoms with E-state index in [0.717, 1.165) is 66.8 Å². The van der Waals surface area contributed by atoms with E-state index in [2.05, 4.69) is 30.5 Å². The largest absolute Gasteiger partial charge is 0.454 e. The summed E-state index contributed by atoms with van der Waals surface area (Å²) in [6.07, 6.45) is 5.31. The normalized spacial score (nSPS) is 18.2. The van der Waals surface area contributed by atoms with Crippen molar-refractivity contribution >= 4 is 40.8 Å². The Balaban J connectivity index is 1.04. The minimum absolute atomic E-state index is 0.228. The van der Waals surface area contributed by atoms with Crippen molar-refractivity contribution in [2.24, 2.45) is 5.92 Å². The van der Waals surface area contributed by atoms with Gasteiger partial charge in [-0.05, 0) is 79.0 Å². The average Bonchev–Trinajstić information content (AvgIpc) is 3.54. The molecule has 39 heavy (non-hydrogen) atoms. The molecule has 0 unspecified atom stereocenters. The molecule has 5 heterocycles. The SMILES string of the molecule is Nc1ccc(CNCC2CCN(c3nccc(/C=C4/SC(=O)NC4=O)n3)CC2)c(-c2ccc3c(c2)OCO3)n1. The van der Waals surface area contributed by atoms with E-state index in [4.69, 9.17) is 15.2 Å². The fourth-order valence-corrected chi connectivity index (χ4v) is 5.50. The van der Waals surface area contributed by atoms with E-state index in [1.807, 2.05) is 30.3 Å². The lowest BCUT2D eigenvalue weighted by molar-refractivity contribution is -0.115. The lowest BCUT2D eigenvalue weighted by atomic mass is 9.96. The fourth-order valence-electron chi connectivity index (χ4n) is 4.84. The molecule has 2 amide bonds. The number of amides is 2. The molecule has 2 fully saturated rings. The average molecular weight is 546 g/mol. The fraction of sp³-hybridized carbons (Fsp3) is 0.296. The summed E-state index contributed by atoms with van der Waals surface area (Å²) < 4.78 is 11.0. The highest BCUT2D eigenvalue weighted by atomic mass is 32.2. The number of hydrogen-bond acceptors (Lipinski definition) is 11. The monoisotopic (exact) mass is 545 g/mol. The number of imide groups is 1. The van der Waals surface area contributed by atoms with Crippen LogP contribution in [0.3, 0.4) is 0 Å². The lowest BCUT2D eigenvalue weighted by Gasteiger charge is -2.32. The molecule has 3 aliphatic heterocycles. The number of nitrogens with one attached hydrogen (secondary N) is 2. The second kappa shape index (κ2) is 10.9. The zero-order chi connectivity index (χ0) is 26.8. The van der Waals surface area contributed by atoms with E-state index < -0.39 is 5.91 Å². The third-order valence-electron chi connectivity index (χ3n) is 6.88. The number of ether oxygens (including phenoxy) is 2. The van der Waals surface area contributed by atoms with E-state index in [1.54, 1.807) is 18.3 Å². The quantitative estimate of drug-likeness (QED) is 0.376. The van der Waals surface area contributed by atoms with Gasteiger partial charge in [-0.2, -0.15) is 0 Å². The van der Waals surface area contributed by atoms with Crippen LogP contribution < -0.4 is 30.7 Å². The standard InChI is InChI=1S/C27H27N7O4S/c28-23-4-2-18(24(32-23)17-1-3-20-21(11-17)38-15-37-20)14-29-13-16-6-9-34(10-7-16)26-30-8-5-19(31-26)12-22-25(35)33-27(36)39-22/h1-5,8,11-12,16,29H,6-7,9-10,13-15H2,(H2,28,32)(H,33,35,36)/b22-12+. The van der Waals surface area contributed by atoms with Crippen LogP contribution in [0.15, 0.2) is 47.5 Å². The number of pyridine rings is 1. The molecule has 3 aromatic rings. The first-order valence-electron chi connectivity index (χ1n) is 12.7. The molecule has 2 saturated heterocycles. The number of rotatable bonds is 7. The van der Waals surface area contributed by atoms with Crippen molar-refractivity contribution in [2.45, 2.75) is 19.4 Å². The maximum absolute atomic E-state index is 11.8. The summed E-state index contributed by atoms with van der Waals surface area (Å²) in [7, 11) is 0. The maximum Gasteiger partial charge on any atom is 0.290 e. The van der Waals surface area contributed by atoms with Crippen LogP contribution in [-0.4, -0.2) is 52.5 Å². The molecule has 0 bridgehead atoms. The first kappa shape index (κ1) is 25.1. The minimum Gasteiger partial charge on any atom is -0.454 e. The predicted octanol–water partition coefficient (Wildman–Crippen LogP) is 3.18. The third-order valence-corrected chi connectivity index (χ3v) is 7.69. The Morgan fingerprint density at radius 1 is 1.10 bits per heavy atom. The van der Waals surface area contributed by atoms with E-state index in [1.165, 1.54) is 0 Å². The van der Waals surface area contributed by atoms with Crippen molar-refractivity contribution in [1.82, 2.24) is 25.6 Å². The molecular formula is C27H27N7O4S. The summed E-state index contributed by atoms with van der Waals surface area (Å²) in [5, 5.41) is 5.49. The van der Waals surface area contributed by atoms with Crippen molar-refractivity contribution in [2.75, 3.05) is 37.1 Å². The van der Waals surface area contributed by atoms with Crippen molar-refractivity contribution in [3.8, 4) is 22.8 Å². The molecule has 0 atom stereocenters. The number of aromatic nitrogens is 3. The molecule has 6 rings (SSSR count). The first-order valence-corrected chi connectivity index (χ1v) is 13.5. The number of carbonyl (C=O) groups is 2. The number of piperidine rings is 1. The van der Waals surface area contributed by atoms with Gasteiger partial charge in [0.15, 0.2) is 11.5 Å². The summed E-state index contributed by atoms with van der Waals surface area (Å²) in [5.74, 6) is 2.68. The predicted molar refractivity (Wildman–Crippen MR) is 148 cm³/mol. The summed E-state index contributed by atoms with van der Waals surface area (Å²) in [6, 6.07) is 11.4. The topological polar surface area (TPSA) is 145 Å². The van der Waals surface area contributed by atoms with Gasteiger partial charge in [0.05, 0.1) is 16.3 Å². The number of carbonyl (C=O) groups excluding carboxylic acids is 2. The van der Waals surface area contributed by atoms with Gasteiger partial charge in [-0.15, -0.1) is 0 Å². The summed E-state index contributed by atoms with van der Waals surface area (Å²) in [4.78, 5) is 39.4. The first-order chi connectivity index (χ1) is 19.0. The Labute approximate surface area is 229 Å². The van der Waals surface area contributed by atoms with Crippen LogP contribution in [0.25, 0.3) is 17.3 Å². The number of anilines is 2. The van der Waals surface area contributed by atoms with Gasteiger partial charge in [-0.25, -0.2) is 15.0 Å². The van der Waals surface area contributed by atoms with E-state index in [9.17, 15) is 9.59 Å². The van der Waals surface area contributed by atoms with E-state index in [0.29, 0.717) is 40.6 Å². The summed E-state index contributed by atoms with van der Waals surface area (Å²) >= 11 is 0.881. The number of nitrogens with zero attached hydrogens (tertiary/aromatic N) is 4. The Morgan fingerprint density at radius 2 is 1.95 bits per heavy atom. The number of fused-ring (bicyclic) bond motifs is 1. The Bertz CT molecular complexity index is 1460. The minimum atomic E-state index is -0.392. The van der Waals surface area contributed by atoms with Gasteiger partial charge in [0.1, 0.15) is 5.82 Å². The van der Waals surface area contributed by atoms with Crippen LogP contribution in [0.1, 0.15) is 24.1 Å². The van der Waals surface area contributed by atoms with Crippen molar-refractivity contribution in [3.05, 3.63) is 58.8 Å². The second-order valence-corrected chi connectivity index (χ2v) is 10.5. The van der Waals surface area contributed by atoms with Gasteiger partial charge >= 0.3 is 0 Å². The number of thioether (sulfide) groups is 1. The molecule has 2 aromatic heterocycles. The number of hydrogen-bond donors (Lipinski definition) is 3. The van der Waals surface area contributed by atoms with Crippen LogP contribution in [-0.2, 0) is 11.3 Å². The number of nitrogen functional groups attached to an aromatic ring is 1. The smallest absolute Gasteiger partial charge is 0.290 e. The Kier molecular flexibility index (Phi) is 7.03. The van der Waals surface area contributed by atoms with Gasteiger partial charge in [0.25, 0.3) is 11.1 Å². The summed E-state index contributed by atoms with van der Waals surface area (Å²) in [5.41, 5.74) is 9.45. The van der Waals surface area contributed by atoms with Gasteiger partial charge in [-0.3, -0.25) is 14.9 Å². The van der Waals surface area contributed by atoms with Gasteiger partial charge < -0.3 is 25.4 Å². The Hall–Kier alpha value is -4.16. The van der Waals surface area contributed by atoms with Crippen LogP contribution in [0, 0.1) is 5.92 Å². The molecule has 12 heteroatoms. The molecule has 3 aliphatic rings. The Morgan fingerprint density at radius 3 is 2.77 bits per heavy atom. The maximum atomic E-state index is 11.8. The lowest BCUT2D eigenvalue weighted by Crippen LogP contribution is -2.38. The van der Waals surface area contributed by atoms with E-state index >= 15 is 0 Å². The van der Waals surface area contributed by atoms with Crippen LogP contribution in [0.2, 0.25) is 0 Å². The van der Waals surface area contributed by atoms with Gasteiger partial charge in [0.2, 0.25) is 12.7 Å².